The van der Waals surface area contributed by atoms with E-state index < -0.39 is 0 Å². The van der Waals surface area contributed by atoms with Crippen molar-refractivity contribution in [3.63, 3.8) is 0 Å². The number of hydrogen-bond acceptors (Lipinski definition) is 5. The summed E-state index contributed by atoms with van der Waals surface area (Å²) in [6.07, 6.45) is 0. The molecule has 3 aromatic rings. The number of nitrogen functional groups attached to an aromatic ring is 1. The number of carbonyl (C=O) groups excluding carboxylic acids is 1. The van der Waals surface area contributed by atoms with Crippen LogP contribution in [-0.4, -0.2) is 11.7 Å². The number of amides is 1. The van der Waals surface area contributed by atoms with Crippen molar-refractivity contribution in [1.29, 1.82) is 10.5 Å². The zero-order valence-electron chi connectivity index (χ0n) is 13.6. The maximum Gasteiger partial charge on any atom is 0.289 e. The predicted molar refractivity (Wildman–Crippen MR) is 100 cm³/mol. The molecule has 1 amide bonds. The molecule has 6 nitrogen and oxygen atoms in total. The van der Waals surface area contributed by atoms with E-state index in [0.29, 0.717) is 10.7 Å². The highest BCUT2D eigenvalue weighted by molar-refractivity contribution is 7.99. The third-order valence-corrected chi connectivity index (χ3v) is 4.71. The normalized spacial score (nSPS) is 10.1. The Labute approximate surface area is 154 Å². The predicted octanol–water partition coefficient (Wildman–Crippen LogP) is 2.71. The lowest BCUT2D eigenvalue weighted by atomic mass is 10.1. The van der Waals surface area contributed by atoms with Crippen LogP contribution in [-0.2, 0) is 4.79 Å². The first-order valence-corrected chi connectivity index (χ1v) is 8.66. The van der Waals surface area contributed by atoms with E-state index in [1.54, 1.807) is 0 Å². The van der Waals surface area contributed by atoms with Gasteiger partial charge in [0.05, 0.1) is 5.75 Å². The third kappa shape index (κ3) is 3.75. The van der Waals surface area contributed by atoms with Crippen LogP contribution in [0.1, 0.15) is 11.1 Å². The lowest BCUT2D eigenvalue weighted by Crippen LogP contribution is -2.19. The Balaban J connectivity index is 1.70. The van der Waals surface area contributed by atoms with Crippen molar-refractivity contribution in [3.8, 4) is 12.1 Å². The summed E-state index contributed by atoms with van der Waals surface area (Å²) in [7, 11) is 0. The second-order valence-electron chi connectivity index (χ2n) is 5.46. The average molecular weight is 360 g/mol. The van der Waals surface area contributed by atoms with E-state index in [9.17, 15) is 10.1 Å². The van der Waals surface area contributed by atoms with Crippen molar-refractivity contribution in [2.75, 3.05) is 16.8 Å². The molecule has 4 N–H and O–H groups in total. The first-order chi connectivity index (χ1) is 12.6. The minimum absolute atomic E-state index is 0.101. The van der Waals surface area contributed by atoms with E-state index in [1.165, 1.54) is 6.07 Å². The number of thioether (sulfide) groups is 1. The Morgan fingerprint density at radius 3 is 2.54 bits per heavy atom. The molecule has 126 valence electrons. The number of nitriles is 2. The standard InChI is InChI=1S/C19H13N5OS/c20-9-14-7-15(10-21)19(24-18(14)22)26-11-17(25)23-16-6-5-12-3-1-2-4-13(12)8-16/h1-8H,11H2,(H2,22,24)(H,23,25)/p+1. The number of nitrogens with one attached hydrogen (secondary N) is 2. The van der Waals surface area contributed by atoms with E-state index in [-0.39, 0.29) is 28.6 Å². The molecular formula is C19H14N5OS+. The van der Waals surface area contributed by atoms with Crippen LogP contribution < -0.4 is 16.0 Å². The zero-order chi connectivity index (χ0) is 18.5. The SMILES string of the molecule is N#Cc1cc(C#N)c(SCC(=O)Nc2ccc3ccccc3c2)[nH+]c1N. The minimum atomic E-state index is -0.203. The number of fused-ring (bicyclic) bond motifs is 1. The molecule has 1 heterocycles. The number of hydrogen-bond donors (Lipinski definition) is 2. The fraction of sp³-hybridized carbons (Fsp3) is 0.0526. The smallest absolute Gasteiger partial charge is 0.289 e. The molecule has 7 heteroatoms. The molecule has 26 heavy (non-hydrogen) atoms. The van der Waals surface area contributed by atoms with Crippen molar-refractivity contribution in [1.82, 2.24) is 0 Å². The monoisotopic (exact) mass is 360 g/mol. The lowest BCUT2D eigenvalue weighted by molar-refractivity contribution is -0.410. The fourth-order valence-corrected chi connectivity index (χ4v) is 3.23. The van der Waals surface area contributed by atoms with Gasteiger partial charge in [0.1, 0.15) is 23.3 Å². The summed E-state index contributed by atoms with van der Waals surface area (Å²) >= 11 is 1.16. The zero-order valence-corrected chi connectivity index (χ0v) is 14.4. The molecule has 0 saturated heterocycles. The Morgan fingerprint density at radius 1 is 1.08 bits per heavy atom. The maximum absolute atomic E-state index is 12.2. The van der Waals surface area contributed by atoms with Crippen LogP contribution in [0.4, 0.5) is 11.5 Å². The first kappa shape index (κ1) is 17.3. The van der Waals surface area contributed by atoms with Crippen LogP contribution >= 0.6 is 11.8 Å². The van der Waals surface area contributed by atoms with Gasteiger partial charge in [0.2, 0.25) is 5.91 Å². The maximum atomic E-state index is 12.2. The van der Waals surface area contributed by atoms with Gasteiger partial charge in [-0.1, -0.05) is 42.1 Å². The number of aromatic amines is 1. The van der Waals surface area contributed by atoms with Crippen LogP contribution in [0.2, 0.25) is 0 Å². The molecule has 0 radical (unpaired) electrons. The van der Waals surface area contributed by atoms with Gasteiger partial charge >= 0.3 is 0 Å². The van der Waals surface area contributed by atoms with Gasteiger partial charge in [-0.3, -0.25) is 10.5 Å². The van der Waals surface area contributed by atoms with Crippen molar-refractivity contribution in [3.05, 3.63) is 59.7 Å². The second-order valence-corrected chi connectivity index (χ2v) is 6.45. The van der Waals surface area contributed by atoms with Gasteiger partial charge < -0.3 is 5.32 Å². The third-order valence-electron chi connectivity index (χ3n) is 3.69. The number of aromatic nitrogens is 1. The van der Waals surface area contributed by atoms with E-state index >= 15 is 0 Å². The number of anilines is 2. The Hall–Kier alpha value is -3.55. The van der Waals surface area contributed by atoms with Gasteiger partial charge in [-0.05, 0) is 29.0 Å². The lowest BCUT2D eigenvalue weighted by Gasteiger charge is -2.07. The van der Waals surface area contributed by atoms with Gasteiger partial charge in [-0.2, -0.15) is 10.5 Å². The highest BCUT2D eigenvalue weighted by Crippen LogP contribution is 2.22. The Kier molecular flexibility index (Phi) is 5.02. The van der Waals surface area contributed by atoms with Crippen molar-refractivity contribution in [2.45, 2.75) is 5.03 Å². The average Bonchev–Trinajstić information content (AvgIpc) is 2.66. The Bertz CT molecular complexity index is 1080. The van der Waals surface area contributed by atoms with Crippen molar-refractivity contribution >= 4 is 39.9 Å². The minimum Gasteiger partial charge on any atom is -0.325 e. The van der Waals surface area contributed by atoms with Crippen molar-refractivity contribution in [2.24, 2.45) is 0 Å². The Morgan fingerprint density at radius 2 is 1.81 bits per heavy atom. The summed E-state index contributed by atoms with van der Waals surface area (Å²) in [4.78, 5) is 15.0. The van der Waals surface area contributed by atoms with E-state index in [0.717, 1.165) is 22.5 Å². The molecule has 0 fully saturated rings. The molecule has 0 bridgehead atoms. The summed E-state index contributed by atoms with van der Waals surface area (Å²) in [5, 5.41) is 23.6. The summed E-state index contributed by atoms with van der Waals surface area (Å²) < 4.78 is 0. The van der Waals surface area contributed by atoms with Gasteiger partial charge in [-0.15, -0.1) is 0 Å². The molecule has 3 rings (SSSR count). The van der Waals surface area contributed by atoms with E-state index in [4.69, 9.17) is 11.0 Å². The summed E-state index contributed by atoms with van der Waals surface area (Å²) in [5.74, 6) is 0.0676. The number of benzene rings is 2. The number of rotatable bonds is 4. The molecule has 0 saturated carbocycles. The summed E-state index contributed by atoms with van der Waals surface area (Å²) in [5.41, 5.74) is 6.92. The van der Waals surface area contributed by atoms with Gasteiger partial charge in [-0.25, -0.2) is 4.98 Å². The molecule has 2 aromatic carbocycles. The quantitative estimate of drug-likeness (QED) is 0.694. The van der Waals surface area contributed by atoms with Crippen LogP contribution in [0.25, 0.3) is 10.8 Å². The number of pyridine rings is 1. The molecule has 0 spiro atoms. The molecule has 0 atom stereocenters. The van der Waals surface area contributed by atoms with Gasteiger partial charge in [0.15, 0.2) is 5.03 Å². The highest BCUT2D eigenvalue weighted by Gasteiger charge is 2.16. The largest absolute Gasteiger partial charge is 0.325 e. The number of carbonyl (C=O) groups is 1. The highest BCUT2D eigenvalue weighted by atomic mass is 32.2. The number of nitrogens with two attached hydrogens (primary N) is 1. The van der Waals surface area contributed by atoms with E-state index in [2.05, 4.69) is 10.3 Å². The molecular weight excluding hydrogens is 346 g/mol. The topological polar surface area (TPSA) is 117 Å². The number of nitrogens with zero attached hydrogens (tertiary/aromatic N) is 2. The van der Waals surface area contributed by atoms with Crippen LogP contribution in [0, 0.1) is 22.7 Å². The van der Waals surface area contributed by atoms with Crippen molar-refractivity contribution < 1.29 is 9.78 Å². The van der Waals surface area contributed by atoms with Gasteiger partial charge in [0, 0.05) is 5.69 Å². The first-order valence-electron chi connectivity index (χ1n) is 7.68. The van der Waals surface area contributed by atoms with Crippen LogP contribution in [0.15, 0.2) is 53.6 Å². The second kappa shape index (κ2) is 7.56. The van der Waals surface area contributed by atoms with Crippen LogP contribution in [0.5, 0.6) is 0 Å². The molecule has 0 aliphatic heterocycles. The molecule has 0 unspecified atom stereocenters. The van der Waals surface area contributed by atoms with E-state index in [1.807, 2.05) is 54.6 Å². The number of H-pyrrole nitrogens is 1. The summed E-state index contributed by atoms with van der Waals surface area (Å²) in [6, 6.07) is 18.9. The fourth-order valence-electron chi connectivity index (χ4n) is 2.44. The summed E-state index contributed by atoms with van der Waals surface area (Å²) in [6.45, 7) is 0. The van der Waals surface area contributed by atoms with Gasteiger partial charge in [0.25, 0.3) is 5.82 Å². The molecule has 0 aliphatic rings. The molecule has 0 aliphatic carbocycles. The van der Waals surface area contributed by atoms with Crippen LogP contribution in [0.3, 0.4) is 0 Å². The molecule has 1 aromatic heterocycles.